The van der Waals surface area contributed by atoms with Crippen LogP contribution in [0.2, 0.25) is 0 Å². The molecule has 0 N–H and O–H groups in total. The van der Waals surface area contributed by atoms with Gasteiger partial charge in [-0.3, -0.25) is 4.79 Å². The van der Waals surface area contributed by atoms with Crippen molar-refractivity contribution in [1.82, 2.24) is 9.97 Å². The minimum absolute atomic E-state index is 0.0325. The summed E-state index contributed by atoms with van der Waals surface area (Å²) >= 11 is 0. The summed E-state index contributed by atoms with van der Waals surface area (Å²) in [7, 11) is 0. The highest BCUT2D eigenvalue weighted by Crippen LogP contribution is 2.01. The van der Waals surface area contributed by atoms with E-state index in [4.69, 9.17) is 8.83 Å². The van der Waals surface area contributed by atoms with Gasteiger partial charge in [-0.05, 0) is 0 Å². The molecule has 0 aliphatic heterocycles. The number of nitrogens with zero attached hydrogens (tertiary/aromatic N) is 2. The molecular formula is C9H8N2O3. The van der Waals surface area contributed by atoms with Gasteiger partial charge in [-0.15, -0.1) is 0 Å². The van der Waals surface area contributed by atoms with Crippen LogP contribution in [0.5, 0.6) is 0 Å². The zero-order valence-corrected chi connectivity index (χ0v) is 7.34. The van der Waals surface area contributed by atoms with Crippen LogP contribution in [0.1, 0.15) is 11.8 Å². The maximum atomic E-state index is 11.4. The molecule has 0 saturated heterocycles. The van der Waals surface area contributed by atoms with Gasteiger partial charge in [0.1, 0.15) is 12.5 Å². The molecule has 2 aromatic heterocycles. The summed E-state index contributed by atoms with van der Waals surface area (Å²) < 4.78 is 9.88. The number of hydrogen-bond acceptors (Lipinski definition) is 5. The Labute approximate surface area is 79.8 Å². The number of Topliss-reactive ketones (excluding diaryl/α,β-unsaturated/α-hetero) is 1. The summed E-state index contributed by atoms with van der Waals surface area (Å²) in [5.74, 6) is 0.804. The van der Waals surface area contributed by atoms with Crippen LogP contribution in [0.3, 0.4) is 0 Å². The van der Waals surface area contributed by atoms with E-state index in [-0.39, 0.29) is 18.6 Å². The van der Waals surface area contributed by atoms with E-state index < -0.39 is 0 Å². The second-order valence-corrected chi connectivity index (χ2v) is 2.74. The van der Waals surface area contributed by atoms with Crippen molar-refractivity contribution in [1.29, 1.82) is 0 Å². The van der Waals surface area contributed by atoms with E-state index in [0.29, 0.717) is 11.8 Å². The van der Waals surface area contributed by atoms with Crippen molar-refractivity contribution in [3.63, 3.8) is 0 Å². The molecule has 0 spiro atoms. The second kappa shape index (κ2) is 3.87. The Morgan fingerprint density at radius 1 is 1.07 bits per heavy atom. The van der Waals surface area contributed by atoms with Crippen molar-refractivity contribution in [2.45, 2.75) is 12.8 Å². The molecule has 5 nitrogen and oxygen atoms in total. The Morgan fingerprint density at radius 2 is 1.57 bits per heavy atom. The van der Waals surface area contributed by atoms with E-state index in [1.165, 1.54) is 24.9 Å². The largest absolute Gasteiger partial charge is 0.449 e. The van der Waals surface area contributed by atoms with Crippen molar-refractivity contribution in [3.05, 3.63) is 36.7 Å². The molecule has 0 atom stereocenters. The third-order valence-corrected chi connectivity index (χ3v) is 1.66. The molecular weight excluding hydrogens is 184 g/mol. The first kappa shape index (κ1) is 8.68. The van der Waals surface area contributed by atoms with Gasteiger partial charge < -0.3 is 8.83 Å². The predicted molar refractivity (Wildman–Crippen MR) is 45.4 cm³/mol. The number of hydrogen-bond donors (Lipinski definition) is 0. The van der Waals surface area contributed by atoms with E-state index >= 15 is 0 Å². The van der Waals surface area contributed by atoms with Gasteiger partial charge in [-0.25, -0.2) is 9.97 Å². The van der Waals surface area contributed by atoms with Crippen LogP contribution in [0.15, 0.2) is 33.8 Å². The highest BCUT2D eigenvalue weighted by atomic mass is 16.3. The minimum atomic E-state index is -0.0325. The molecule has 0 unspecified atom stereocenters. The molecule has 5 heteroatoms. The molecule has 0 aliphatic rings. The number of carbonyl (C=O) groups is 1. The van der Waals surface area contributed by atoms with Crippen LogP contribution < -0.4 is 0 Å². The Morgan fingerprint density at radius 3 is 1.93 bits per heavy atom. The number of carbonyl (C=O) groups excluding carboxylic acids is 1. The van der Waals surface area contributed by atoms with Gasteiger partial charge in [-0.1, -0.05) is 0 Å². The molecule has 2 aromatic rings. The first-order chi connectivity index (χ1) is 6.84. The van der Waals surface area contributed by atoms with Gasteiger partial charge in [0, 0.05) is 0 Å². The Hall–Kier alpha value is -1.91. The third-order valence-electron chi connectivity index (χ3n) is 1.66. The van der Waals surface area contributed by atoms with E-state index in [2.05, 4.69) is 9.97 Å². The van der Waals surface area contributed by atoms with Crippen LogP contribution in [0, 0.1) is 0 Å². The molecule has 14 heavy (non-hydrogen) atoms. The zero-order chi connectivity index (χ0) is 9.80. The first-order valence-electron chi connectivity index (χ1n) is 4.13. The fraction of sp³-hybridized carbons (Fsp3) is 0.222. The molecule has 2 heterocycles. The monoisotopic (exact) mass is 192 g/mol. The molecule has 72 valence electrons. The first-order valence-corrected chi connectivity index (χ1v) is 4.13. The van der Waals surface area contributed by atoms with Crippen molar-refractivity contribution in [2.24, 2.45) is 0 Å². The van der Waals surface area contributed by atoms with Gasteiger partial charge in [-0.2, -0.15) is 0 Å². The van der Waals surface area contributed by atoms with Gasteiger partial charge in [0.15, 0.2) is 5.78 Å². The van der Waals surface area contributed by atoms with Crippen LogP contribution in [-0.4, -0.2) is 15.8 Å². The summed E-state index contributed by atoms with van der Waals surface area (Å²) in [5, 5.41) is 0. The molecule has 0 saturated carbocycles. The van der Waals surface area contributed by atoms with Crippen molar-refractivity contribution < 1.29 is 13.6 Å². The van der Waals surface area contributed by atoms with Crippen LogP contribution in [-0.2, 0) is 17.6 Å². The lowest BCUT2D eigenvalue weighted by Crippen LogP contribution is -2.06. The van der Waals surface area contributed by atoms with Gasteiger partial charge >= 0.3 is 0 Å². The molecule has 0 radical (unpaired) electrons. The van der Waals surface area contributed by atoms with Gasteiger partial charge in [0.25, 0.3) is 0 Å². The number of rotatable bonds is 4. The topological polar surface area (TPSA) is 69.1 Å². The number of oxazole rings is 2. The molecule has 2 rings (SSSR count). The maximum absolute atomic E-state index is 11.4. The quantitative estimate of drug-likeness (QED) is 0.723. The molecule has 0 aliphatic carbocycles. The fourth-order valence-corrected chi connectivity index (χ4v) is 1.08. The Balaban J connectivity index is 1.91. The van der Waals surface area contributed by atoms with E-state index in [1.807, 2.05) is 0 Å². The summed E-state index contributed by atoms with van der Waals surface area (Å²) in [4.78, 5) is 19.1. The number of aromatic nitrogens is 2. The van der Waals surface area contributed by atoms with Crippen molar-refractivity contribution in [2.75, 3.05) is 0 Å². The summed E-state index contributed by atoms with van der Waals surface area (Å²) in [5.41, 5.74) is 0. The molecule has 0 amide bonds. The average Bonchev–Trinajstić information content (AvgIpc) is 2.76. The normalized spacial score (nSPS) is 10.3. The fourth-order valence-electron chi connectivity index (χ4n) is 1.08. The minimum Gasteiger partial charge on any atom is -0.449 e. The number of ketones is 1. The highest BCUT2D eigenvalue weighted by molar-refractivity contribution is 5.81. The SMILES string of the molecule is O=C(Cc1ncco1)Cc1ncco1. The van der Waals surface area contributed by atoms with Crippen molar-refractivity contribution >= 4 is 5.78 Å². The lowest BCUT2D eigenvalue weighted by molar-refractivity contribution is -0.118. The lowest BCUT2D eigenvalue weighted by Gasteiger charge is -1.93. The predicted octanol–water partition coefficient (Wildman–Crippen LogP) is 1.02. The Kier molecular flexibility index (Phi) is 2.40. The molecule has 0 bridgehead atoms. The standard InChI is InChI=1S/C9H8N2O3/c12-7(5-8-10-1-3-13-8)6-9-11-2-4-14-9/h1-4H,5-6H2. The van der Waals surface area contributed by atoms with Gasteiger partial charge in [0.2, 0.25) is 11.8 Å². The van der Waals surface area contributed by atoms with Crippen molar-refractivity contribution in [3.8, 4) is 0 Å². The maximum Gasteiger partial charge on any atom is 0.201 e. The van der Waals surface area contributed by atoms with Crippen LogP contribution >= 0.6 is 0 Å². The van der Waals surface area contributed by atoms with Crippen LogP contribution in [0.25, 0.3) is 0 Å². The van der Waals surface area contributed by atoms with E-state index in [9.17, 15) is 4.79 Å². The lowest BCUT2D eigenvalue weighted by atomic mass is 10.2. The van der Waals surface area contributed by atoms with Crippen LogP contribution in [0.4, 0.5) is 0 Å². The Bertz CT molecular complexity index is 353. The summed E-state index contributed by atoms with van der Waals surface area (Å²) in [6, 6.07) is 0. The molecule has 0 aromatic carbocycles. The smallest absolute Gasteiger partial charge is 0.201 e. The van der Waals surface area contributed by atoms with E-state index in [1.54, 1.807) is 0 Å². The highest BCUT2D eigenvalue weighted by Gasteiger charge is 2.10. The average molecular weight is 192 g/mol. The summed E-state index contributed by atoms with van der Waals surface area (Å²) in [6.07, 6.45) is 6.24. The summed E-state index contributed by atoms with van der Waals surface area (Å²) in [6.45, 7) is 0. The second-order valence-electron chi connectivity index (χ2n) is 2.74. The van der Waals surface area contributed by atoms with Gasteiger partial charge in [0.05, 0.1) is 25.2 Å². The third kappa shape index (κ3) is 2.07. The zero-order valence-electron chi connectivity index (χ0n) is 7.34. The molecule has 0 fully saturated rings. The van der Waals surface area contributed by atoms with E-state index in [0.717, 1.165) is 0 Å².